The maximum Gasteiger partial charge on any atom is 0.330 e. The summed E-state index contributed by atoms with van der Waals surface area (Å²) >= 11 is 0. The van der Waals surface area contributed by atoms with E-state index in [0.29, 0.717) is 12.2 Å². The molecule has 2 rings (SSSR count). The Bertz CT molecular complexity index is 567. The van der Waals surface area contributed by atoms with Gasteiger partial charge in [-0.05, 0) is 19.8 Å². The molecule has 1 unspecified atom stereocenters. The van der Waals surface area contributed by atoms with Crippen LogP contribution in [0.3, 0.4) is 0 Å². The monoisotopic (exact) mass is 267 g/mol. The third kappa shape index (κ3) is 2.96. The molecule has 1 atom stereocenters. The molecule has 0 aromatic carbocycles. The third-order valence-corrected chi connectivity index (χ3v) is 3.73. The van der Waals surface area contributed by atoms with Crippen molar-refractivity contribution in [1.82, 2.24) is 14.5 Å². The van der Waals surface area contributed by atoms with Gasteiger partial charge in [-0.1, -0.05) is 0 Å². The van der Waals surface area contributed by atoms with Crippen molar-refractivity contribution in [3.8, 4) is 0 Å². The van der Waals surface area contributed by atoms with Crippen molar-refractivity contribution in [1.29, 1.82) is 0 Å². The van der Waals surface area contributed by atoms with E-state index >= 15 is 0 Å². The normalized spacial score (nSPS) is 22.9. The topological polar surface area (TPSA) is 65.3 Å². The Hall–Kier alpha value is -1.40. The summed E-state index contributed by atoms with van der Waals surface area (Å²) in [6, 6.07) is 1.49. The summed E-state index contributed by atoms with van der Waals surface area (Å²) in [5.41, 5.74) is -0.0101. The summed E-state index contributed by atoms with van der Waals surface area (Å²) in [4.78, 5) is 23.4. The Labute approximate surface area is 112 Å². The minimum absolute atomic E-state index is 0.126. The van der Waals surface area contributed by atoms with Gasteiger partial charge in [0.1, 0.15) is 0 Å². The molecule has 0 spiro atoms. The largest absolute Gasteiger partial charge is 0.374 e. The molecule has 1 aliphatic heterocycles. The number of nitrogens with one attached hydrogen (secondary N) is 1. The van der Waals surface area contributed by atoms with Crippen LogP contribution in [-0.2, 0) is 25.4 Å². The van der Waals surface area contributed by atoms with Crippen molar-refractivity contribution in [2.45, 2.75) is 31.9 Å². The predicted octanol–water partition coefficient (Wildman–Crippen LogP) is -0.257. The number of nitrogens with zero attached hydrogens (tertiary/aromatic N) is 2. The van der Waals surface area contributed by atoms with Crippen molar-refractivity contribution in [3.63, 3.8) is 0 Å². The lowest BCUT2D eigenvalue weighted by atomic mass is 10.0. The van der Waals surface area contributed by atoms with Crippen LogP contribution in [0.2, 0.25) is 0 Å². The minimum Gasteiger partial charge on any atom is -0.374 e. The summed E-state index contributed by atoms with van der Waals surface area (Å²) in [6.45, 7) is 4.09. The summed E-state index contributed by atoms with van der Waals surface area (Å²) in [6.07, 6.45) is 2.12. The van der Waals surface area contributed by atoms with Gasteiger partial charge in [0, 0.05) is 45.6 Å². The first-order valence-electron chi connectivity index (χ1n) is 6.54. The van der Waals surface area contributed by atoms with E-state index < -0.39 is 0 Å². The number of rotatable bonds is 4. The van der Waals surface area contributed by atoms with Crippen LogP contribution in [0.25, 0.3) is 0 Å². The van der Waals surface area contributed by atoms with E-state index in [9.17, 15) is 9.59 Å². The van der Waals surface area contributed by atoms with Gasteiger partial charge in [-0.15, -0.1) is 0 Å². The van der Waals surface area contributed by atoms with Gasteiger partial charge in [-0.25, -0.2) is 4.79 Å². The molecule has 6 nitrogen and oxygen atoms in total. The molecule has 1 aromatic rings. The summed E-state index contributed by atoms with van der Waals surface area (Å²) in [5, 5.41) is 3.27. The fraction of sp³-hybridized carbons (Fsp3) is 0.692. The van der Waals surface area contributed by atoms with Gasteiger partial charge in [0.05, 0.1) is 5.60 Å². The van der Waals surface area contributed by atoms with E-state index in [1.165, 1.54) is 17.7 Å². The average Bonchev–Trinajstić information content (AvgIpc) is 2.80. The van der Waals surface area contributed by atoms with E-state index in [4.69, 9.17) is 4.74 Å². The fourth-order valence-electron chi connectivity index (χ4n) is 2.38. The first-order chi connectivity index (χ1) is 8.93. The molecule has 1 fully saturated rings. The average molecular weight is 267 g/mol. The van der Waals surface area contributed by atoms with Crippen molar-refractivity contribution >= 4 is 0 Å². The molecule has 6 heteroatoms. The SMILES string of the molecule is Cn1c(CNCC2(C)CCCO2)cc(=O)n(C)c1=O. The van der Waals surface area contributed by atoms with Crippen LogP contribution in [0.1, 0.15) is 25.5 Å². The second-order valence-corrected chi connectivity index (χ2v) is 5.38. The van der Waals surface area contributed by atoms with Crippen LogP contribution in [0.5, 0.6) is 0 Å². The maximum atomic E-state index is 11.8. The minimum atomic E-state index is -0.298. The Morgan fingerprint density at radius 3 is 2.74 bits per heavy atom. The summed E-state index contributed by atoms with van der Waals surface area (Å²) < 4.78 is 8.27. The second-order valence-electron chi connectivity index (χ2n) is 5.38. The highest BCUT2D eigenvalue weighted by Crippen LogP contribution is 2.23. The van der Waals surface area contributed by atoms with E-state index in [2.05, 4.69) is 12.2 Å². The summed E-state index contributed by atoms with van der Waals surface area (Å²) in [7, 11) is 3.15. The Morgan fingerprint density at radius 1 is 1.37 bits per heavy atom. The summed E-state index contributed by atoms with van der Waals surface area (Å²) in [5.74, 6) is 0. The quantitative estimate of drug-likeness (QED) is 0.816. The smallest absolute Gasteiger partial charge is 0.330 e. The molecule has 0 radical (unpaired) electrons. The van der Waals surface area contributed by atoms with E-state index in [1.54, 1.807) is 7.05 Å². The van der Waals surface area contributed by atoms with Crippen LogP contribution < -0.4 is 16.6 Å². The number of hydrogen-bond donors (Lipinski definition) is 1. The molecule has 0 aliphatic carbocycles. The van der Waals surface area contributed by atoms with Crippen LogP contribution in [0.15, 0.2) is 15.7 Å². The highest BCUT2D eigenvalue weighted by molar-refractivity contribution is 5.02. The molecule has 0 bridgehead atoms. The zero-order valence-electron chi connectivity index (χ0n) is 11.7. The zero-order chi connectivity index (χ0) is 14.0. The standard InChI is InChI=1S/C13H21N3O3/c1-13(5-4-6-19-13)9-14-8-10-7-11(17)16(3)12(18)15(10)2/h7,14H,4-6,8-9H2,1-3H3. The van der Waals surface area contributed by atoms with E-state index in [0.717, 1.165) is 30.6 Å². The van der Waals surface area contributed by atoms with Gasteiger partial charge in [-0.3, -0.25) is 13.9 Å². The van der Waals surface area contributed by atoms with Crippen LogP contribution in [0.4, 0.5) is 0 Å². The molecule has 19 heavy (non-hydrogen) atoms. The molecular formula is C13H21N3O3. The molecule has 1 N–H and O–H groups in total. The first-order valence-corrected chi connectivity index (χ1v) is 6.54. The van der Waals surface area contributed by atoms with Crippen molar-refractivity contribution in [3.05, 3.63) is 32.6 Å². The van der Waals surface area contributed by atoms with E-state index in [-0.39, 0.29) is 16.9 Å². The molecule has 2 heterocycles. The molecule has 1 aliphatic rings. The molecule has 106 valence electrons. The molecule has 0 saturated carbocycles. The van der Waals surface area contributed by atoms with Gasteiger partial charge < -0.3 is 10.1 Å². The lowest BCUT2D eigenvalue weighted by molar-refractivity contribution is 0.0205. The molecule has 1 aromatic heterocycles. The molecule has 1 saturated heterocycles. The highest BCUT2D eigenvalue weighted by Gasteiger charge is 2.29. The van der Waals surface area contributed by atoms with Crippen molar-refractivity contribution in [2.75, 3.05) is 13.2 Å². The van der Waals surface area contributed by atoms with Crippen molar-refractivity contribution < 1.29 is 4.74 Å². The maximum absolute atomic E-state index is 11.8. The van der Waals surface area contributed by atoms with Crippen molar-refractivity contribution in [2.24, 2.45) is 14.1 Å². The van der Waals surface area contributed by atoms with Gasteiger partial charge in [0.2, 0.25) is 0 Å². The lowest BCUT2D eigenvalue weighted by Gasteiger charge is -2.23. The number of ether oxygens (including phenoxy) is 1. The highest BCUT2D eigenvalue weighted by atomic mass is 16.5. The predicted molar refractivity (Wildman–Crippen MR) is 72.2 cm³/mol. The molecule has 0 amide bonds. The number of hydrogen-bond acceptors (Lipinski definition) is 4. The molecular weight excluding hydrogens is 246 g/mol. The van der Waals surface area contributed by atoms with E-state index in [1.807, 2.05) is 0 Å². The Balaban J connectivity index is 2.04. The van der Waals surface area contributed by atoms with Crippen LogP contribution in [-0.4, -0.2) is 27.9 Å². The van der Waals surface area contributed by atoms with Gasteiger partial charge in [-0.2, -0.15) is 0 Å². The first kappa shape index (κ1) is 14.0. The Kier molecular flexibility index (Phi) is 3.91. The third-order valence-electron chi connectivity index (χ3n) is 3.73. The number of aromatic nitrogens is 2. The second kappa shape index (κ2) is 5.30. The van der Waals surface area contributed by atoms with Gasteiger partial charge in [0.15, 0.2) is 0 Å². The lowest BCUT2D eigenvalue weighted by Crippen LogP contribution is -2.41. The van der Waals surface area contributed by atoms with Crippen LogP contribution in [0, 0.1) is 0 Å². The Morgan fingerprint density at radius 2 is 2.11 bits per heavy atom. The van der Waals surface area contributed by atoms with Gasteiger partial charge in [0.25, 0.3) is 5.56 Å². The fourth-order valence-corrected chi connectivity index (χ4v) is 2.38. The zero-order valence-corrected chi connectivity index (χ0v) is 11.7. The van der Waals surface area contributed by atoms with Gasteiger partial charge >= 0.3 is 5.69 Å². The van der Waals surface area contributed by atoms with Crippen LogP contribution >= 0.6 is 0 Å².